The van der Waals surface area contributed by atoms with E-state index in [-0.39, 0.29) is 24.8 Å². The van der Waals surface area contributed by atoms with Crippen molar-refractivity contribution >= 4 is 3.21 Å². The Balaban J connectivity index is 0. The molecule has 1 aliphatic carbocycles. The molecule has 1 aliphatic rings. The topological polar surface area (TPSA) is 0 Å². The fourth-order valence-electron chi connectivity index (χ4n) is 1.95. The maximum atomic E-state index is 2.31. The fourth-order valence-corrected chi connectivity index (χ4v) is 1.95. The van der Waals surface area contributed by atoms with Gasteiger partial charge in [-0.05, 0) is 5.92 Å². The summed E-state index contributed by atoms with van der Waals surface area (Å²) in [6, 6.07) is 2.31. The number of halogens is 2. The monoisotopic (exact) mass is 373 g/mol. The summed E-state index contributed by atoms with van der Waals surface area (Å²) in [5, 5.41) is 0. The van der Waals surface area contributed by atoms with E-state index in [1.54, 1.807) is 24.2 Å². The first-order valence-corrected chi connectivity index (χ1v) is 7.26. The van der Waals surface area contributed by atoms with Gasteiger partial charge < -0.3 is 24.8 Å². The summed E-state index contributed by atoms with van der Waals surface area (Å²) in [6.07, 6.45) is 8.76. The second-order valence-corrected chi connectivity index (χ2v) is 7.29. The second kappa shape index (κ2) is 9.97. The number of hydrogen-bond acceptors (Lipinski definition) is 0. The largest absolute Gasteiger partial charge is 1.00 e. The third-order valence-electron chi connectivity index (χ3n) is 3.07. The van der Waals surface area contributed by atoms with Crippen LogP contribution in [0.15, 0.2) is 30.4 Å². The number of allylic oxidation sites excluding steroid dienone is 4. The number of aryl methyl sites for hydroxylation is 1. The van der Waals surface area contributed by atoms with Crippen LogP contribution in [0.2, 0.25) is 0 Å². The molecule has 2 rings (SSSR count). The molecule has 0 unspecified atom stereocenters. The molecule has 3 heteroatoms. The summed E-state index contributed by atoms with van der Waals surface area (Å²) < 4.78 is 1.51. The predicted octanol–water partition coefficient (Wildman–Crippen LogP) is -1.71. The van der Waals surface area contributed by atoms with E-state index < -0.39 is 0 Å². The van der Waals surface area contributed by atoms with Crippen molar-refractivity contribution in [2.45, 2.75) is 40.5 Å². The molecule has 0 radical (unpaired) electrons. The van der Waals surface area contributed by atoms with Gasteiger partial charge in [-0.15, -0.1) is 0 Å². The standard InChI is InChI=1S/C13H15.C3H6.2ClH.Zr/c1-9-8-13(11(3)10(9)2)12-6-4-5-7-12;1-3-2;;;/h4-8,12H,1-3H3;1-2H3;2*1H;/q-1;;;;+2/p-2. The molecule has 0 heterocycles. The van der Waals surface area contributed by atoms with E-state index in [2.05, 4.69) is 65.0 Å². The Labute approximate surface area is 144 Å². The second-order valence-electron chi connectivity index (χ2n) is 4.83. The first kappa shape index (κ1) is 21.5. The van der Waals surface area contributed by atoms with Gasteiger partial charge in [0.25, 0.3) is 0 Å². The fraction of sp³-hybridized carbons (Fsp3) is 0.375. The molecule has 0 amide bonds. The van der Waals surface area contributed by atoms with Crippen molar-refractivity contribution < 1.29 is 49.0 Å². The Kier molecular flexibility index (Phi) is 11.3. The average Bonchev–Trinajstić information content (AvgIpc) is 2.82. The summed E-state index contributed by atoms with van der Waals surface area (Å²) in [4.78, 5) is 0. The average molecular weight is 375 g/mol. The molecule has 0 nitrogen and oxygen atoms in total. The van der Waals surface area contributed by atoms with Crippen LogP contribution in [0, 0.1) is 20.8 Å². The molecule has 104 valence electrons. The molecule has 1 aromatic rings. The van der Waals surface area contributed by atoms with Crippen LogP contribution >= 0.6 is 0 Å². The van der Waals surface area contributed by atoms with Crippen LogP contribution in [0.5, 0.6) is 0 Å². The molecule has 0 N–H and O–H groups in total. The minimum Gasteiger partial charge on any atom is -1.00 e. The molecule has 0 saturated heterocycles. The molecule has 0 saturated carbocycles. The minimum absolute atomic E-state index is 0. The summed E-state index contributed by atoms with van der Waals surface area (Å²) >= 11 is 1.55. The van der Waals surface area contributed by atoms with E-state index >= 15 is 0 Å². The van der Waals surface area contributed by atoms with Crippen molar-refractivity contribution in [3.63, 3.8) is 0 Å². The molecule has 1 aromatic carbocycles. The first-order valence-electron chi connectivity index (χ1n) is 6.03. The van der Waals surface area contributed by atoms with Gasteiger partial charge in [0, 0.05) is 0 Å². The zero-order valence-electron chi connectivity index (χ0n) is 12.2. The van der Waals surface area contributed by atoms with Gasteiger partial charge in [0.2, 0.25) is 0 Å². The smallest absolute Gasteiger partial charge is 0.0344 e. The van der Waals surface area contributed by atoms with E-state index in [4.69, 9.17) is 0 Å². The van der Waals surface area contributed by atoms with Crippen LogP contribution in [-0.4, -0.2) is 3.21 Å². The summed E-state index contributed by atoms with van der Waals surface area (Å²) in [5.41, 5.74) is 5.80. The Morgan fingerprint density at radius 3 is 1.84 bits per heavy atom. The summed E-state index contributed by atoms with van der Waals surface area (Å²) in [7, 11) is 0. The Morgan fingerprint density at radius 2 is 1.53 bits per heavy atom. The molecule has 0 aromatic heterocycles. The van der Waals surface area contributed by atoms with Crippen LogP contribution in [-0.2, 0) is 24.2 Å². The zero-order valence-corrected chi connectivity index (χ0v) is 16.2. The zero-order chi connectivity index (χ0) is 13.0. The molecular weight excluding hydrogens is 354 g/mol. The predicted molar refractivity (Wildman–Crippen MR) is 73.6 cm³/mol. The minimum atomic E-state index is 0. The number of hydrogen-bond donors (Lipinski definition) is 0. The molecule has 0 spiro atoms. The van der Waals surface area contributed by atoms with Crippen molar-refractivity contribution in [1.82, 2.24) is 0 Å². The van der Waals surface area contributed by atoms with Gasteiger partial charge in [-0.3, -0.25) is 0 Å². The van der Waals surface area contributed by atoms with Crippen LogP contribution in [0.1, 0.15) is 42.0 Å². The maximum absolute atomic E-state index is 2.31. The Morgan fingerprint density at radius 1 is 1.11 bits per heavy atom. The Bertz CT molecular complexity index is 451. The van der Waals surface area contributed by atoms with E-state index in [0.717, 1.165) is 0 Å². The molecule has 0 atom stereocenters. The van der Waals surface area contributed by atoms with Gasteiger partial charge in [0.15, 0.2) is 0 Å². The van der Waals surface area contributed by atoms with Gasteiger partial charge in [-0.1, -0.05) is 45.1 Å². The summed E-state index contributed by atoms with van der Waals surface area (Å²) in [6.45, 7) is 10.9. The molecule has 0 fully saturated rings. The molecule has 0 aliphatic heterocycles. The first-order chi connectivity index (χ1) is 7.93. The molecule has 0 bridgehead atoms. The molecular formula is C16H21Cl2Zr-. The van der Waals surface area contributed by atoms with Crippen molar-refractivity contribution in [3.8, 4) is 0 Å². The normalized spacial score (nSPS) is 12.4. The van der Waals surface area contributed by atoms with Gasteiger partial charge >= 0.3 is 41.3 Å². The van der Waals surface area contributed by atoms with Crippen molar-refractivity contribution in [2.24, 2.45) is 0 Å². The Hall–Kier alpha value is 0.163. The van der Waals surface area contributed by atoms with Crippen molar-refractivity contribution in [3.05, 3.63) is 52.6 Å². The third-order valence-corrected chi connectivity index (χ3v) is 3.07. The quantitative estimate of drug-likeness (QED) is 0.513. The van der Waals surface area contributed by atoms with Gasteiger partial charge in [0.1, 0.15) is 0 Å². The molecule has 19 heavy (non-hydrogen) atoms. The maximum Gasteiger partial charge on any atom is -0.0344 e. The van der Waals surface area contributed by atoms with Crippen LogP contribution < -0.4 is 24.8 Å². The van der Waals surface area contributed by atoms with Gasteiger partial charge in [0.05, 0.1) is 0 Å². The van der Waals surface area contributed by atoms with E-state index in [1.807, 2.05) is 0 Å². The number of rotatable bonds is 1. The van der Waals surface area contributed by atoms with Gasteiger partial charge in [-0.2, -0.15) is 28.3 Å². The van der Waals surface area contributed by atoms with Gasteiger partial charge in [-0.25, -0.2) is 0 Å². The van der Waals surface area contributed by atoms with Crippen molar-refractivity contribution in [1.29, 1.82) is 0 Å². The van der Waals surface area contributed by atoms with Crippen LogP contribution in [0.25, 0.3) is 0 Å². The van der Waals surface area contributed by atoms with Crippen molar-refractivity contribution in [2.75, 3.05) is 0 Å². The van der Waals surface area contributed by atoms with E-state index in [0.29, 0.717) is 5.92 Å². The van der Waals surface area contributed by atoms with E-state index in [1.165, 1.54) is 25.5 Å². The van der Waals surface area contributed by atoms with E-state index in [9.17, 15) is 0 Å². The summed E-state index contributed by atoms with van der Waals surface area (Å²) in [5.74, 6) is 0.521. The third kappa shape index (κ3) is 6.43. The van der Waals surface area contributed by atoms with Crippen LogP contribution in [0.4, 0.5) is 0 Å². The van der Waals surface area contributed by atoms with Crippen LogP contribution in [0.3, 0.4) is 0 Å². The SMILES string of the molecule is C[C](C)=[Zr+2].Cc1c(C2C=CC=C2)c[c-](C)c1C.[Cl-].[Cl-].